The van der Waals surface area contributed by atoms with Crippen LogP contribution in [-0.4, -0.2) is 55.3 Å². The summed E-state index contributed by atoms with van der Waals surface area (Å²) in [4.78, 5) is 17.9. The van der Waals surface area contributed by atoms with Crippen molar-refractivity contribution in [2.24, 2.45) is 0 Å². The van der Waals surface area contributed by atoms with Crippen molar-refractivity contribution in [3.8, 4) is 23.3 Å². The van der Waals surface area contributed by atoms with E-state index in [1.165, 1.54) is 0 Å². The Bertz CT molecular complexity index is 1300. The molecule has 7 heteroatoms. The van der Waals surface area contributed by atoms with Crippen LogP contribution in [0.25, 0.3) is 11.6 Å². The molecule has 0 radical (unpaired) electrons. The number of aromatic nitrogens is 1. The molecule has 0 aliphatic carbocycles. The lowest BCUT2D eigenvalue weighted by atomic mass is 9.99. The van der Waals surface area contributed by atoms with Gasteiger partial charge in [0.2, 0.25) is 0 Å². The molecule has 7 nitrogen and oxygen atoms in total. The van der Waals surface area contributed by atoms with E-state index in [1.807, 2.05) is 42.5 Å². The molecule has 3 aromatic rings. The van der Waals surface area contributed by atoms with Gasteiger partial charge in [0, 0.05) is 17.3 Å². The molecule has 1 aromatic heterocycles. The number of aromatic amines is 1. The fraction of sp³-hybridized carbons (Fsp3) is 0.276. The van der Waals surface area contributed by atoms with Crippen molar-refractivity contribution in [2.45, 2.75) is 18.9 Å². The molecule has 36 heavy (non-hydrogen) atoms. The van der Waals surface area contributed by atoms with Crippen LogP contribution in [0, 0.1) is 11.8 Å². The number of H-pyrrole nitrogens is 1. The Hall–Kier alpha value is -3.99. The number of nitrogens with zero attached hydrogens (tertiary/aromatic N) is 1. The minimum Gasteiger partial charge on any atom is -0.495 e. The van der Waals surface area contributed by atoms with E-state index in [1.54, 1.807) is 25.4 Å². The van der Waals surface area contributed by atoms with Crippen LogP contribution in [0.2, 0.25) is 0 Å². The fourth-order valence-corrected chi connectivity index (χ4v) is 3.99. The van der Waals surface area contributed by atoms with Gasteiger partial charge in [-0.05, 0) is 75.5 Å². The molecule has 186 valence electrons. The van der Waals surface area contributed by atoms with E-state index in [0.717, 1.165) is 25.1 Å². The summed E-state index contributed by atoms with van der Waals surface area (Å²) in [6.07, 6.45) is 4.60. The molecule has 0 bridgehead atoms. The van der Waals surface area contributed by atoms with Crippen LogP contribution in [0.4, 0.5) is 5.69 Å². The van der Waals surface area contributed by atoms with E-state index in [-0.39, 0.29) is 5.91 Å². The zero-order chi connectivity index (χ0) is 25.5. The van der Waals surface area contributed by atoms with Crippen LogP contribution in [0.15, 0.2) is 54.7 Å². The third-order valence-electron chi connectivity index (χ3n) is 5.88. The summed E-state index contributed by atoms with van der Waals surface area (Å²) in [5.41, 5.74) is 3.90. The molecule has 1 aliphatic heterocycles. The van der Waals surface area contributed by atoms with Gasteiger partial charge in [0.05, 0.1) is 30.7 Å². The number of carbonyl (C=O) groups is 1. The van der Waals surface area contributed by atoms with Gasteiger partial charge in [-0.15, -0.1) is 0 Å². The van der Waals surface area contributed by atoms with Gasteiger partial charge in [-0.1, -0.05) is 30.0 Å². The summed E-state index contributed by atoms with van der Waals surface area (Å²) in [6.45, 7) is 1.70. The topological polar surface area (TPSA) is 86.8 Å². The van der Waals surface area contributed by atoms with E-state index in [2.05, 4.69) is 41.1 Å². The summed E-state index contributed by atoms with van der Waals surface area (Å²) >= 11 is 0. The van der Waals surface area contributed by atoms with Crippen LogP contribution in [-0.2, 0) is 4.79 Å². The van der Waals surface area contributed by atoms with Crippen LogP contribution in [0.5, 0.6) is 11.5 Å². The third-order valence-corrected chi connectivity index (χ3v) is 5.88. The number of aliphatic hydroxyl groups is 1. The second kappa shape index (κ2) is 11.6. The number of methoxy groups -OCH3 is 1. The van der Waals surface area contributed by atoms with Crippen LogP contribution in [0.3, 0.4) is 0 Å². The lowest BCUT2D eigenvalue weighted by molar-refractivity contribution is -0.110. The molecule has 4 rings (SSSR count). The van der Waals surface area contributed by atoms with Crippen LogP contribution < -0.4 is 14.8 Å². The van der Waals surface area contributed by atoms with Gasteiger partial charge >= 0.3 is 0 Å². The lowest BCUT2D eigenvalue weighted by Gasteiger charge is -2.10. The maximum absolute atomic E-state index is 12.7. The Morgan fingerprint density at radius 2 is 1.92 bits per heavy atom. The highest BCUT2D eigenvalue weighted by Gasteiger charge is 2.27. The third kappa shape index (κ3) is 5.98. The number of fused-ring (bicyclic) bond motifs is 1. The predicted molar refractivity (Wildman–Crippen MR) is 142 cm³/mol. The maximum Gasteiger partial charge on any atom is 0.256 e. The number of nitrogens with one attached hydrogen (secondary N) is 2. The highest BCUT2D eigenvalue weighted by molar-refractivity contribution is 6.35. The number of ether oxygens (including phenoxy) is 2. The fourth-order valence-electron chi connectivity index (χ4n) is 3.99. The van der Waals surface area contributed by atoms with Gasteiger partial charge in [0.1, 0.15) is 17.6 Å². The van der Waals surface area contributed by atoms with E-state index in [9.17, 15) is 9.90 Å². The zero-order valence-corrected chi connectivity index (χ0v) is 20.8. The highest BCUT2D eigenvalue weighted by atomic mass is 16.5. The second-order valence-corrected chi connectivity index (χ2v) is 8.80. The van der Waals surface area contributed by atoms with Crippen molar-refractivity contribution in [3.05, 3.63) is 77.1 Å². The van der Waals surface area contributed by atoms with Crippen molar-refractivity contribution in [3.63, 3.8) is 0 Å². The highest BCUT2D eigenvalue weighted by Crippen LogP contribution is 2.36. The van der Waals surface area contributed by atoms with E-state index < -0.39 is 6.10 Å². The lowest BCUT2D eigenvalue weighted by Crippen LogP contribution is -2.13. The van der Waals surface area contributed by atoms with Gasteiger partial charge in [-0.3, -0.25) is 4.79 Å². The Morgan fingerprint density at radius 1 is 1.11 bits per heavy atom. The maximum atomic E-state index is 12.7. The molecule has 1 unspecified atom stereocenters. The Balaban J connectivity index is 1.48. The predicted octanol–water partition coefficient (Wildman–Crippen LogP) is 4.32. The number of hydrogen-bond acceptors (Lipinski definition) is 5. The first-order valence-corrected chi connectivity index (χ1v) is 11.9. The van der Waals surface area contributed by atoms with Gasteiger partial charge in [0.25, 0.3) is 5.91 Å². The van der Waals surface area contributed by atoms with Gasteiger partial charge in [0.15, 0.2) is 0 Å². The average Bonchev–Trinajstić information content (AvgIpc) is 3.46. The normalized spacial score (nSPS) is 14.2. The van der Waals surface area contributed by atoms with Crippen molar-refractivity contribution in [1.82, 2.24) is 9.88 Å². The number of hydrogen-bond donors (Lipinski definition) is 3. The number of rotatable bonds is 9. The molecule has 0 fully saturated rings. The summed E-state index contributed by atoms with van der Waals surface area (Å²) in [5.74, 6) is 7.17. The smallest absolute Gasteiger partial charge is 0.256 e. The van der Waals surface area contributed by atoms with E-state index in [0.29, 0.717) is 46.0 Å². The van der Waals surface area contributed by atoms with Crippen molar-refractivity contribution < 1.29 is 19.4 Å². The molecular weight excluding hydrogens is 454 g/mol. The molecule has 0 saturated carbocycles. The summed E-state index contributed by atoms with van der Waals surface area (Å²) in [7, 11) is 5.70. The Kier molecular flexibility index (Phi) is 8.11. The summed E-state index contributed by atoms with van der Waals surface area (Å²) in [5, 5.41) is 13.6. The molecule has 2 heterocycles. The van der Waals surface area contributed by atoms with Crippen LogP contribution in [0.1, 0.15) is 41.3 Å². The second-order valence-electron chi connectivity index (χ2n) is 8.80. The molecule has 2 aromatic carbocycles. The molecule has 0 spiro atoms. The monoisotopic (exact) mass is 485 g/mol. The summed E-state index contributed by atoms with van der Waals surface area (Å²) < 4.78 is 11.1. The van der Waals surface area contributed by atoms with Crippen molar-refractivity contribution in [2.75, 3.05) is 39.7 Å². The first-order valence-electron chi connectivity index (χ1n) is 11.9. The number of amides is 1. The number of benzene rings is 2. The van der Waals surface area contributed by atoms with E-state index >= 15 is 0 Å². The molecule has 1 amide bonds. The largest absolute Gasteiger partial charge is 0.495 e. The zero-order valence-electron chi connectivity index (χ0n) is 20.8. The molecule has 1 aliphatic rings. The van der Waals surface area contributed by atoms with Crippen molar-refractivity contribution >= 4 is 23.2 Å². The van der Waals surface area contributed by atoms with Crippen molar-refractivity contribution in [1.29, 1.82) is 0 Å². The van der Waals surface area contributed by atoms with E-state index in [4.69, 9.17) is 9.47 Å². The summed E-state index contributed by atoms with van der Waals surface area (Å²) in [6, 6.07) is 14.6. The van der Waals surface area contributed by atoms with Gasteiger partial charge in [-0.25, -0.2) is 0 Å². The number of unbranched alkanes of at least 4 members (excludes halogenated alkanes) is 1. The molecule has 0 saturated heterocycles. The minimum atomic E-state index is -0.976. The molecule has 1 atom stereocenters. The Morgan fingerprint density at radius 3 is 2.67 bits per heavy atom. The van der Waals surface area contributed by atoms with Gasteiger partial charge < -0.3 is 29.8 Å². The standard InChI is InChI=1S/C29H31N3O4/c1-32(2)17-4-5-18-36-22-12-9-20(10-13-22)26(33)14-11-21-7-6-8-24-28(21)23(29(34)31-24)19-25-27(35-3)15-16-30-25/h6-10,12-13,15-16,19,26,30,33H,4-5,17-18H2,1-3H3,(H,31,34)/b23-19-. The number of anilines is 1. The molecule has 3 N–H and O–H groups in total. The number of carbonyl (C=O) groups excluding carboxylic acids is 1. The quantitative estimate of drug-likeness (QED) is 0.239. The minimum absolute atomic E-state index is 0.214. The SMILES string of the molecule is COc1cc[nH]c1/C=C1\C(=O)Nc2cccc(C#CC(O)c3ccc(OCCCCN(C)C)cc3)c21. The number of aliphatic hydroxyl groups excluding tert-OH is 1. The first-order chi connectivity index (χ1) is 17.5. The van der Waals surface area contributed by atoms with Gasteiger partial charge in [-0.2, -0.15) is 0 Å². The average molecular weight is 486 g/mol. The first kappa shape index (κ1) is 25.1. The Labute approximate surface area is 211 Å². The molecular formula is C29H31N3O4. The van der Waals surface area contributed by atoms with Crippen LogP contribution >= 0.6 is 0 Å².